The monoisotopic (exact) mass is 175 g/mol. The maximum atomic E-state index is 4.86. The van der Waals surface area contributed by atoms with E-state index in [1.54, 1.807) is 6.26 Å². The topological polar surface area (TPSA) is 26.0 Å². The predicted octanol–water partition coefficient (Wildman–Crippen LogP) is 2.00. The lowest BCUT2D eigenvalue weighted by Crippen LogP contribution is -1.74. The first-order valence-electron chi connectivity index (χ1n) is 2.43. The Morgan fingerprint density at radius 3 is 2.88 bits per heavy atom. The SMILES string of the molecule is CCc1coc(Br)n1. The molecule has 0 atom stereocenters. The van der Waals surface area contributed by atoms with Crippen molar-refractivity contribution in [1.29, 1.82) is 0 Å². The van der Waals surface area contributed by atoms with Crippen molar-refractivity contribution < 1.29 is 4.42 Å². The van der Waals surface area contributed by atoms with Gasteiger partial charge in [0.15, 0.2) is 0 Å². The molecule has 2 nitrogen and oxygen atoms in total. The zero-order valence-electron chi connectivity index (χ0n) is 4.52. The summed E-state index contributed by atoms with van der Waals surface area (Å²) >= 11 is 3.10. The van der Waals surface area contributed by atoms with Crippen molar-refractivity contribution in [2.45, 2.75) is 13.3 Å². The first kappa shape index (κ1) is 5.82. The highest BCUT2D eigenvalue weighted by Crippen LogP contribution is 2.07. The number of hydrogen-bond donors (Lipinski definition) is 0. The van der Waals surface area contributed by atoms with Crippen LogP contribution in [0.4, 0.5) is 0 Å². The number of aromatic nitrogens is 1. The Morgan fingerprint density at radius 1 is 1.88 bits per heavy atom. The molecular weight excluding hydrogens is 170 g/mol. The molecule has 1 heterocycles. The minimum absolute atomic E-state index is 0.564. The third kappa shape index (κ3) is 1.10. The van der Waals surface area contributed by atoms with E-state index in [1.165, 1.54) is 0 Å². The third-order valence-electron chi connectivity index (χ3n) is 0.886. The van der Waals surface area contributed by atoms with Crippen LogP contribution >= 0.6 is 15.9 Å². The van der Waals surface area contributed by atoms with E-state index >= 15 is 0 Å². The minimum Gasteiger partial charge on any atom is -0.439 e. The third-order valence-corrected chi connectivity index (χ3v) is 1.25. The van der Waals surface area contributed by atoms with Gasteiger partial charge in [-0.1, -0.05) is 6.92 Å². The number of nitrogens with zero attached hydrogens (tertiary/aromatic N) is 1. The van der Waals surface area contributed by atoms with Crippen molar-refractivity contribution in [3.8, 4) is 0 Å². The normalized spacial score (nSPS) is 9.75. The lowest BCUT2D eigenvalue weighted by Gasteiger charge is -1.75. The van der Waals surface area contributed by atoms with Gasteiger partial charge in [-0.05, 0) is 6.42 Å². The average Bonchev–Trinajstić information content (AvgIpc) is 2.14. The maximum absolute atomic E-state index is 4.86. The molecule has 1 aromatic heterocycles. The highest BCUT2D eigenvalue weighted by molar-refractivity contribution is 9.10. The highest BCUT2D eigenvalue weighted by atomic mass is 79.9. The molecule has 0 unspecified atom stereocenters. The van der Waals surface area contributed by atoms with Gasteiger partial charge in [-0.2, -0.15) is 0 Å². The Morgan fingerprint density at radius 2 is 2.62 bits per heavy atom. The van der Waals surface area contributed by atoms with Crippen molar-refractivity contribution in [2.75, 3.05) is 0 Å². The molecule has 0 radical (unpaired) electrons. The molecule has 0 N–H and O–H groups in total. The largest absolute Gasteiger partial charge is 0.439 e. The van der Waals surface area contributed by atoms with Gasteiger partial charge in [-0.3, -0.25) is 0 Å². The van der Waals surface area contributed by atoms with Crippen LogP contribution in [0.15, 0.2) is 15.5 Å². The van der Waals surface area contributed by atoms with Crippen molar-refractivity contribution in [2.24, 2.45) is 0 Å². The second kappa shape index (κ2) is 2.31. The number of halogens is 1. The summed E-state index contributed by atoms with van der Waals surface area (Å²) in [5, 5.41) is 0. The zero-order chi connectivity index (χ0) is 5.98. The minimum atomic E-state index is 0.564. The lowest BCUT2D eigenvalue weighted by atomic mass is 10.4. The van der Waals surface area contributed by atoms with Gasteiger partial charge in [0.1, 0.15) is 6.26 Å². The molecule has 0 bridgehead atoms. The predicted molar refractivity (Wildman–Crippen MR) is 33.6 cm³/mol. The van der Waals surface area contributed by atoms with E-state index in [2.05, 4.69) is 20.9 Å². The van der Waals surface area contributed by atoms with Gasteiger partial charge in [0, 0.05) is 15.9 Å². The van der Waals surface area contributed by atoms with Crippen molar-refractivity contribution in [3.05, 3.63) is 16.8 Å². The fourth-order valence-electron chi connectivity index (χ4n) is 0.445. The van der Waals surface area contributed by atoms with Crippen LogP contribution in [0.3, 0.4) is 0 Å². The number of hydrogen-bond acceptors (Lipinski definition) is 2. The summed E-state index contributed by atoms with van der Waals surface area (Å²) in [6, 6.07) is 0. The summed E-state index contributed by atoms with van der Waals surface area (Å²) < 4.78 is 4.86. The molecule has 0 saturated carbocycles. The van der Waals surface area contributed by atoms with Crippen LogP contribution in [-0.4, -0.2) is 4.98 Å². The van der Waals surface area contributed by atoms with E-state index in [9.17, 15) is 0 Å². The van der Waals surface area contributed by atoms with Gasteiger partial charge >= 0.3 is 0 Å². The van der Waals surface area contributed by atoms with Crippen molar-refractivity contribution in [3.63, 3.8) is 0 Å². The fraction of sp³-hybridized carbons (Fsp3) is 0.400. The van der Waals surface area contributed by atoms with E-state index in [1.807, 2.05) is 6.92 Å². The van der Waals surface area contributed by atoms with E-state index < -0.39 is 0 Å². The van der Waals surface area contributed by atoms with Crippen molar-refractivity contribution in [1.82, 2.24) is 4.98 Å². The highest BCUT2D eigenvalue weighted by Gasteiger charge is 1.94. The van der Waals surface area contributed by atoms with Crippen LogP contribution in [0.5, 0.6) is 0 Å². The van der Waals surface area contributed by atoms with E-state index in [4.69, 9.17) is 4.42 Å². The lowest BCUT2D eigenvalue weighted by molar-refractivity contribution is 0.528. The Labute approximate surface area is 56.0 Å². The Kier molecular flexibility index (Phi) is 1.68. The summed E-state index contributed by atoms with van der Waals surface area (Å²) in [6.45, 7) is 2.03. The molecule has 1 rings (SSSR count). The van der Waals surface area contributed by atoms with Crippen LogP contribution in [0.1, 0.15) is 12.6 Å². The van der Waals surface area contributed by atoms with E-state index in [0.717, 1.165) is 12.1 Å². The fourth-order valence-corrected chi connectivity index (χ4v) is 0.766. The van der Waals surface area contributed by atoms with Crippen LogP contribution < -0.4 is 0 Å². The Balaban J connectivity index is 2.84. The summed E-state index contributed by atoms with van der Waals surface area (Å²) in [5.74, 6) is 0. The van der Waals surface area contributed by atoms with Crippen molar-refractivity contribution >= 4 is 15.9 Å². The molecular formula is C5H6BrNO. The molecule has 1 aromatic rings. The van der Waals surface area contributed by atoms with Crippen LogP contribution in [-0.2, 0) is 6.42 Å². The summed E-state index contributed by atoms with van der Waals surface area (Å²) in [5.41, 5.74) is 0.983. The second-order valence-corrected chi connectivity index (χ2v) is 2.12. The zero-order valence-corrected chi connectivity index (χ0v) is 6.10. The molecule has 0 fully saturated rings. The molecule has 0 saturated heterocycles. The molecule has 0 amide bonds. The Hall–Kier alpha value is -0.310. The molecule has 0 aliphatic heterocycles. The van der Waals surface area contributed by atoms with Gasteiger partial charge in [0.05, 0.1) is 5.69 Å². The maximum Gasteiger partial charge on any atom is 0.264 e. The standard InChI is InChI=1S/C5H6BrNO/c1-2-4-3-8-5(6)7-4/h3H,2H2,1H3. The quantitative estimate of drug-likeness (QED) is 0.653. The second-order valence-electron chi connectivity index (χ2n) is 1.45. The first-order valence-corrected chi connectivity index (χ1v) is 3.22. The van der Waals surface area contributed by atoms with E-state index in [-0.39, 0.29) is 0 Å². The summed E-state index contributed by atoms with van der Waals surface area (Å²) in [6.07, 6.45) is 2.57. The van der Waals surface area contributed by atoms with Crippen LogP contribution in [0, 0.1) is 0 Å². The van der Waals surface area contributed by atoms with Gasteiger partial charge in [-0.15, -0.1) is 0 Å². The number of rotatable bonds is 1. The molecule has 0 aliphatic carbocycles. The summed E-state index contributed by atoms with van der Waals surface area (Å²) in [4.78, 5) is 4.54. The molecule has 0 aliphatic rings. The summed E-state index contributed by atoms with van der Waals surface area (Å²) in [7, 11) is 0. The van der Waals surface area contributed by atoms with Gasteiger partial charge in [-0.25, -0.2) is 4.98 Å². The molecule has 0 aromatic carbocycles. The van der Waals surface area contributed by atoms with Crippen LogP contribution in [0.25, 0.3) is 0 Å². The van der Waals surface area contributed by atoms with Gasteiger partial charge in [0.2, 0.25) is 0 Å². The average molecular weight is 176 g/mol. The van der Waals surface area contributed by atoms with Crippen LogP contribution in [0.2, 0.25) is 0 Å². The van der Waals surface area contributed by atoms with E-state index in [0.29, 0.717) is 4.80 Å². The molecule has 3 heteroatoms. The Bertz CT molecular complexity index is 173. The molecule has 8 heavy (non-hydrogen) atoms. The molecule has 0 spiro atoms. The molecule has 44 valence electrons. The number of oxazole rings is 1. The smallest absolute Gasteiger partial charge is 0.264 e. The van der Waals surface area contributed by atoms with Gasteiger partial charge in [0.25, 0.3) is 4.80 Å². The number of aryl methyl sites for hydroxylation is 1. The first-order chi connectivity index (χ1) is 3.83. The van der Waals surface area contributed by atoms with Gasteiger partial charge < -0.3 is 4.42 Å².